The molecule has 27 heavy (non-hydrogen) atoms. The zero-order chi connectivity index (χ0) is 19.8. The standard InChI is InChI=1S/C16H13ClF3N3O3S/c1-8-22-10(6-27-8)5-13(24)21-7-15(16(18,19)20)11-4-9(17)2-3-12(11)23-14(25)26-15/h2-4,6H,5,7H2,1H3,(H,21,24)(H,23,25). The Morgan fingerprint density at radius 3 is 2.81 bits per heavy atom. The minimum atomic E-state index is -4.99. The molecule has 2 aromatic rings. The van der Waals surface area contributed by atoms with Crippen molar-refractivity contribution < 1.29 is 27.5 Å². The summed E-state index contributed by atoms with van der Waals surface area (Å²) in [5.41, 5.74) is -3.07. The maximum Gasteiger partial charge on any atom is 0.434 e. The molecule has 1 aliphatic rings. The Hall–Kier alpha value is -2.33. The number of hydrogen-bond acceptors (Lipinski definition) is 5. The summed E-state index contributed by atoms with van der Waals surface area (Å²) in [5, 5.41) is 6.82. The van der Waals surface area contributed by atoms with E-state index in [4.69, 9.17) is 11.6 Å². The molecular formula is C16H13ClF3N3O3S. The molecule has 144 valence electrons. The van der Waals surface area contributed by atoms with E-state index >= 15 is 0 Å². The molecular weight excluding hydrogens is 407 g/mol. The van der Waals surface area contributed by atoms with Crippen LogP contribution in [0.3, 0.4) is 0 Å². The number of rotatable bonds is 4. The summed E-state index contributed by atoms with van der Waals surface area (Å²) in [5.74, 6) is -0.679. The van der Waals surface area contributed by atoms with Crippen LogP contribution in [-0.2, 0) is 21.6 Å². The van der Waals surface area contributed by atoms with Crippen molar-refractivity contribution in [1.82, 2.24) is 10.3 Å². The Kier molecular flexibility index (Phi) is 5.04. The Balaban J connectivity index is 1.89. The molecule has 1 aliphatic heterocycles. The smallest absolute Gasteiger partial charge is 0.426 e. The van der Waals surface area contributed by atoms with Crippen molar-refractivity contribution in [3.05, 3.63) is 44.9 Å². The van der Waals surface area contributed by atoms with E-state index in [0.29, 0.717) is 5.69 Å². The van der Waals surface area contributed by atoms with Crippen LogP contribution in [0.15, 0.2) is 23.6 Å². The molecule has 1 atom stereocenters. The minimum absolute atomic E-state index is 0.0337. The number of carbonyl (C=O) groups is 2. The van der Waals surface area contributed by atoms with Gasteiger partial charge in [-0.25, -0.2) is 9.78 Å². The number of amides is 2. The van der Waals surface area contributed by atoms with E-state index in [1.54, 1.807) is 12.3 Å². The highest BCUT2D eigenvalue weighted by Crippen LogP contribution is 2.47. The lowest BCUT2D eigenvalue weighted by Crippen LogP contribution is -2.56. The van der Waals surface area contributed by atoms with Gasteiger partial charge < -0.3 is 10.1 Å². The van der Waals surface area contributed by atoms with Crippen molar-refractivity contribution >= 4 is 40.6 Å². The number of thiazole rings is 1. The molecule has 0 fully saturated rings. The molecule has 0 radical (unpaired) electrons. The Morgan fingerprint density at radius 1 is 1.44 bits per heavy atom. The number of carbonyl (C=O) groups excluding carboxylic acids is 2. The molecule has 11 heteroatoms. The van der Waals surface area contributed by atoms with Gasteiger partial charge in [0.2, 0.25) is 5.91 Å². The number of ether oxygens (including phenoxy) is 1. The number of alkyl halides is 3. The van der Waals surface area contributed by atoms with Gasteiger partial charge in [-0.3, -0.25) is 10.1 Å². The summed E-state index contributed by atoms with van der Waals surface area (Å²) in [4.78, 5) is 27.9. The zero-order valence-corrected chi connectivity index (χ0v) is 15.4. The van der Waals surface area contributed by atoms with Crippen LogP contribution in [-0.4, -0.2) is 29.7 Å². The molecule has 1 aromatic carbocycles. The van der Waals surface area contributed by atoms with Gasteiger partial charge >= 0.3 is 12.3 Å². The van der Waals surface area contributed by atoms with Crippen LogP contribution in [0.5, 0.6) is 0 Å². The minimum Gasteiger partial charge on any atom is -0.426 e. The molecule has 0 spiro atoms. The van der Waals surface area contributed by atoms with Gasteiger partial charge in [-0.05, 0) is 25.1 Å². The third-order valence-corrected chi connectivity index (χ3v) is 4.98. The van der Waals surface area contributed by atoms with Crippen LogP contribution in [0.25, 0.3) is 0 Å². The lowest BCUT2D eigenvalue weighted by Gasteiger charge is -2.39. The maximum atomic E-state index is 14.0. The Morgan fingerprint density at radius 2 is 2.19 bits per heavy atom. The summed E-state index contributed by atoms with van der Waals surface area (Å²) in [6.07, 6.45) is -6.45. The quantitative estimate of drug-likeness (QED) is 0.790. The number of benzene rings is 1. The topological polar surface area (TPSA) is 80.3 Å². The fourth-order valence-corrected chi connectivity index (χ4v) is 3.47. The summed E-state index contributed by atoms with van der Waals surface area (Å²) < 4.78 is 46.5. The first-order valence-electron chi connectivity index (χ1n) is 7.65. The SMILES string of the molecule is Cc1nc(CC(=O)NCC2(C(F)(F)F)OC(=O)Nc3ccc(Cl)cc32)cs1. The first-order chi connectivity index (χ1) is 12.6. The molecule has 3 rings (SSSR count). The van der Waals surface area contributed by atoms with Crippen molar-refractivity contribution in [2.75, 3.05) is 11.9 Å². The molecule has 0 saturated heterocycles. The number of halogens is 4. The molecule has 1 unspecified atom stereocenters. The van der Waals surface area contributed by atoms with Crippen LogP contribution in [0.4, 0.5) is 23.7 Å². The van der Waals surface area contributed by atoms with Gasteiger partial charge in [-0.15, -0.1) is 11.3 Å². The van der Waals surface area contributed by atoms with E-state index in [0.717, 1.165) is 11.1 Å². The van der Waals surface area contributed by atoms with Crippen LogP contribution in [0.1, 0.15) is 16.3 Å². The lowest BCUT2D eigenvalue weighted by molar-refractivity contribution is -0.262. The van der Waals surface area contributed by atoms with Crippen LogP contribution in [0.2, 0.25) is 5.02 Å². The number of cyclic esters (lactones) is 1. The normalized spacial score (nSPS) is 19.1. The first-order valence-corrected chi connectivity index (χ1v) is 8.91. The third kappa shape index (κ3) is 3.86. The van der Waals surface area contributed by atoms with Gasteiger partial charge in [-0.2, -0.15) is 13.2 Å². The van der Waals surface area contributed by atoms with Gasteiger partial charge in [0, 0.05) is 16.0 Å². The summed E-state index contributed by atoms with van der Waals surface area (Å²) in [7, 11) is 0. The monoisotopic (exact) mass is 419 g/mol. The Labute approximate surface area is 160 Å². The van der Waals surface area contributed by atoms with Gasteiger partial charge in [0.15, 0.2) is 0 Å². The van der Waals surface area contributed by atoms with E-state index in [-0.39, 0.29) is 22.7 Å². The van der Waals surface area contributed by atoms with Crippen molar-refractivity contribution in [3.63, 3.8) is 0 Å². The second-order valence-corrected chi connectivity index (χ2v) is 7.34. The summed E-state index contributed by atoms with van der Waals surface area (Å²) >= 11 is 7.16. The average Bonchev–Trinajstić information content (AvgIpc) is 2.97. The highest BCUT2D eigenvalue weighted by molar-refractivity contribution is 7.09. The molecule has 6 nitrogen and oxygen atoms in total. The second-order valence-electron chi connectivity index (χ2n) is 5.84. The van der Waals surface area contributed by atoms with Crippen molar-refractivity contribution in [2.24, 2.45) is 0 Å². The third-order valence-electron chi connectivity index (χ3n) is 3.92. The van der Waals surface area contributed by atoms with Crippen LogP contribution < -0.4 is 10.6 Å². The van der Waals surface area contributed by atoms with E-state index in [1.807, 2.05) is 0 Å². The van der Waals surface area contributed by atoms with Gasteiger partial charge in [0.1, 0.15) is 0 Å². The molecule has 2 amide bonds. The van der Waals surface area contributed by atoms with Gasteiger partial charge in [0.05, 0.1) is 29.4 Å². The second kappa shape index (κ2) is 7.01. The average molecular weight is 420 g/mol. The number of nitrogens with one attached hydrogen (secondary N) is 2. The van der Waals surface area contributed by atoms with Crippen LogP contribution >= 0.6 is 22.9 Å². The largest absolute Gasteiger partial charge is 0.434 e. The predicted octanol–water partition coefficient (Wildman–Crippen LogP) is 3.78. The van der Waals surface area contributed by atoms with Crippen molar-refractivity contribution in [3.8, 4) is 0 Å². The molecule has 0 saturated carbocycles. The fraction of sp³-hybridized carbons (Fsp3) is 0.312. The Bertz CT molecular complexity index is 903. The number of fused-ring (bicyclic) bond motifs is 1. The fourth-order valence-electron chi connectivity index (χ4n) is 2.69. The van der Waals surface area contributed by atoms with Gasteiger partial charge in [-0.1, -0.05) is 11.6 Å². The van der Waals surface area contributed by atoms with E-state index in [1.165, 1.54) is 23.5 Å². The molecule has 0 bridgehead atoms. The van der Waals surface area contributed by atoms with Crippen molar-refractivity contribution in [2.45, 2.75) is 25.1 Å². The number of aryl methyl sites for hydroxylation is 1. The highest BCUT2D eigenvalue weighted by atomic mass is 35.5. The number of hydrogen-bond donors (Lipinski definition) is 2. The highest BCUT2D eigenvalue weighted by Gasteiger charge is 2.62. The van der Waals surface area contributed by atoms with E-state index in [2.05, 4.69) is 20.4 Å². The van der Waals surface area contributed by atoms with E-state index < -0.39 is 30.3 Å². The van der Waals surface area contributed by atoms with Crippen LogP contribution in [0, 0.1) is 6.92 Å². The number of aromatic nitrogens is 1. The summed E-state index contributed by atoms with van der Waals surface area (Å²) in [6, 6.07) is 3.65. The molecule has 1 aromatic heterocycles. The molecule has 2 N–H and O–H groups in total. The summed E-state index contributed by atoms with van der Waals surface area (Å²) in [6.45, 7) is 0.763. The maximum absolute atomic E-state index is 14.0. The van der Waals surface area contributed by atoms with E-state index in [9.17, 15) is 22.8 Å². The number of nitrogens with zero attached hydrogens (tertiary/aromatic N) is 1. The lowest BCUT2D eigenvalue weighted by atomic mass is 9.89. The number of anilines is 1. The van der Waals surface area contributed by atoms with Crippen molar-refractivity contribution in [1.29, 1.82) is 0 Å². The molecule has 2 heterocycles. The first kappa shape index (κ1) is 19.4. The van der Waals surface area contributed by atoms with Gasteiger partial charge in [0.25, 0.3) is 5.60 Å². The zero-order valence-electron chi connectivity index (χ0n) is 13.8. The molecule has 0 aliphatic carbocycles. The predicted molar refractivity (Wildman–Crippen MR) is 92.9 cm³/mol.